The molecule has 1 aromatic heterocycles. The molecule has 2 N–H and O–H groups in total. The zero-order valence-electron chi connectivity index (χ0n) is 16.1. The molecular formula is C23H24FN3O2. The van der Waals surface area contributed by atoms with Gasteiger partial charge in [0.25, 0.3) is 5.91 Å². The fourth-order valence-corrected chi connectivity index (χ4v) is 3.89. The number of carbonyl (C=O) groups excluding carboxylic acids is 1. The third kappa shape index (κ3) is 4.65. The number of phenols is 1. The molecule has 0 radical (unpaired) electrons. The molecule has 3 aromatic rings. The lowest BCUT2D eigenvalue weighted by Gasteiger charge is -2.32. The number of aromatic hydroxyl groups is 1. The van der Waals surface area contributed by atoms with Crippen LogP contribution in [0.25, 0.3) is 11.3 Å². The SMILES string of the molecule is O=C(c1cc(-c2ccc(O)cc2)n[nH]1)N1CCC[C@H](CCc2ccc(F)cc2)C1. The maximum atomic E-state index is 13.0. The predicted molar refractivity (Wildman–Crippen MR) is 109 cm³/mol. The van der Waals surface area contributed by atoms with Crippen molar-refractivity contribution in [1.82, 2.24) is 15.1 Å². The molecule has 0 spiro atoms. The van der Waals surface area contributed by atoms with Gasteiger partial charge in [0.05, 0.1) is 5.69 Å². The first-order chi connectivity index (χ1) is 14.1. The molecule has 5 nitrogen and oxygen atoms in total. The van der Waals surface area contributed by atoms with Gasteiger partial charge in [0.1, 0.15) is 17.3 Å². The number of aryl methyl sites for hydroxylation is 1. The average molecular weight is 393 g/mol. The second kappa shape index (κ2) is 8.47. The molecule has 2 heterocycles. The standard InChI is InChI=1S/C23H24FN3O2/c24-19-9-5-16(6-10-19)3-4-17-2-1-13-27(15-17)23(29)22-14-21(25-26-22)18-7-11-20(28)12-8-18/h5-12,14,17,28H,1-4,13,15H2,(H,25,26)/t17-/m1/s1. The van der Waals surface area contributed by atoms with E-state index in [1.807, 2.05) is 17.0 Å². The molecule has 1 aliphatic heterocycles. The number of benzene rings is 2. The number of likely N-dealkylation sites (tertiary alicyclic amines) is 1. The number of nitrogens with zero attached hydrogens (tertiary/aromatic N) is 2. The summed E-state index contributed by atoms with van der Waals surface area (Å²) in [6.07, 6.45) is 3.96. The smallest absolute Gasteiger partial charge is 0.271 e. The highest BCUT2D eigenvalue weighted by atomic mass is 19.1. The highest BCUT2D eigenvalue weighted by molar-refractivity contribution is 5.93. The first-order valence-corrected chi connectivity index (χ1v) is 9.97. The van der Waals surface area contributed by atoms with E-state index >= 15 is 0 Å². The summed E-state index contributed by atoms with van der Waals surface area (Å²) >= 11 is 0. The van der Waals surface area contributed by atoms with Gasteiger partial charge < -0.3 is 10.0 Å². The molecule has 2 aromatic carbocycles. The molecule has 6 heteroatoms. The predicted octanol–water partition coefficient (Wildman–Crippen LogP) is 4.41. The number of amides is 1. The van der Waals surface area contributed by atoms with Crippen molar-refractivity contribution in [2.75, 3.05) is 13.1 Å². The second-order valence-electron chi connectivity index (χ2n) is 7.64. The van der Waals surface area contributed by atoms with Crippen LogP contribution in [0.5, 0.6) is 5.75 Å². The molecule has 0 aliphatic carbocycles. The Morgan fingerprint density at radius 2 is 1.93 bits per heavy atom. The Labute approximate surface area is 169 Å². The molecule has 150 valence electrons. The number of nitrogens with one attached hydrogen (secondary N) is 1. The van der Waals surface area contributed by atoms with Crippen LogP contribution in [0.4, 0.5) is 4.39 Å². The third-order valence-electron chi connectivity index (χ3n) is 5.53. The molecule has 1 atom stereocenters. The molecule has 1 fully saturated rings. The molecule has 29 heavy (non-hydrogen) atoms. The quantitative estimate of drug-likeness (QED) is 0.675. The van der Waals surface area contributed by atoms with E-state index in [1.54, 1.807) is 30.3 Å². The topological polar surface area (TPSA) is 69.2 Å². The summed E-state index contributed by atoms with van der Waals surface area (Å²) in [6, 6.07) is 15.2. The summed E-state index contributed by atoms with van der Waals surface area (Å²) in [5.74, 6) is 0.390. The number of hydrogen-bond donors (Lipinski definition) is 2. The number of piperidine rings is 1. The fourth-order valence-electron chi connectivity index (χ4n) is 3.89. The molecule has 1 saturated heterocycles. The minimum atomic E-state index is -0.214. The van der Waals surface area contributed by atoms with Crippen LogP contribution < -0.4 is 0 Å². The van der Waals surface area contributed by atoms with E-state index in [-0.39, 0.29) is 17.5 Å². The summed E-state index contributed by atoms with van der Waals surface area (Å²) < 4.78 is 13.0. The van der Waals surface area contributed by atoms with Crippen LogP contribution in [-0.2, 0) is 6.42 Å². The number of aromatic amines is 1. The number of halogens is 1. The van der Waals surface area contributed by atoms with Gasteiger partial charge in [0, 0.05) is 18.7 Å². The lowest BCUT2D eigenvalue weighted by atomic mass is 9.91. The normalized spacial score (nSPS) is 16.7. The van der Waals surface area contributed by atoms with Gasteiger partial charge in [-0.2, -0.15) is 5.10 Å². The number of aromatic nitrogens is 2. The number of H-pyrrole nitrogens is 1. The van der Waals surface area contributed by atoms with Gasteiger partial charge in [0.2, 0.25) is 0 Å². The zero-order chi connectivity index (χ0) is 20.2. The lowest BCUT2D eigenvalue weighted by Crippen LogP contribution is -2.40. The van der Waals surface area contributed by atoms with E-state index < -0.39 is 0 Å². The van der Waals surface area contributed by atoms with Gasteiger partial charge in [-0.1, -0.05) is 12.1 Å². The van der Waals surface area contributed by atoms with Crippen LogP contribution in [-0.4, -0.2) is 39.2 Å². The Hall–Kier alpha value is -3.15. The van der Waals surface area contributed by atoms with E-state index in [9.17, 15) is 14.3 Å². The lowest BCUT2D eigenvalue weighted by molar-refractivity contribution is 0.0662. The molecule has 1 aliphatic rings. The largest absolute Gasteiger partial charge is 0.508 e. The van der Waals surface area contributed by atoms with Crippen molar-refractivity contribution < 1.29 is 14.3 Å². The minimum absolute atomic E-state index is 0.0333. The second-order valence-corrected chi connectivity index (χ2v) is 7.64. The summed E-state index contributed by atoms with van der Waals surface area (Å²) in [7, 11) is 0. The van der Waals surface area contributed by atoms with E-state index in [1.165, 1.54) is 12.1 Å². The van der Waals surface area contributed by atoms with E-state index in [0.717, 1.165) is 49.9 Å². The monoisotopic (exact) mass is 393 g/mol. The van der Waals surface area contributed by atoms with Crippen LogP contribution >= 0.6 is 0 Å². The van der Waals surface area contributed by atoms with Crippen molar-refractivity contribution >= 4 is 5.91 Å². The van der Waals surface area contributed by atoms with Crippen molar-refractivity contribution in [3.05, 3.63) is 71.7 Å². The molecule has 0 saturated carbocycles. The number of phenolic OH excluding ortho intramolecular Hbond substituents is 1. The molecule has 0 unspecified atom stereocenters. The van der Waals surface area contributed by atoms with Gasteiger partial charge in [-0.3, -0.25) is 9.89 Å². The summed E-state index contributed by atoms with van der Waals surface area (Å²) in [5, 5.41) is 16.5. The van der Waals surface area contributed by atoms with E-state index in [4.69, 9.17) is 0 Å². The van der Waals surface area contributed by atoms with Gasteiger partial charge in [-0.15, -0.1) is 0 Å². The van der Waals surface area contributed by atoms with Crippen molar-refractivity contribution in [3.63, 3.8) is 0 Å². The number of hydrogen-bond acceptors (Lipinski definition) is 3. The first-order valence-electron chi connectivity index (χ1n) is 9.97. The van der Waals surface area contributed by atoms with Crippen molar-refractivity contribution in [2.24, 2.45) is 5.92 Å². The minimum Gasteiger partial charge on any atom is -0.508 e. The average Bonchev–Trinajstić information content (AvgIpc) is 3.24. The van der Waals surface area contributed by atoms with E-state index in [2.05, 4.69) is 10.2 Å². The molecule has 1 amide bonds. The first kappa shape index (κ1) is 19.2. The maximum absolute atomic E-state index is 13.0. The van der Waals surface area contributed by atoms with Gasteiger partial charge in [-0.25, -0.2) is 4.39 Å². The summed E-state index contributed by atoms with van der Waals surface area (Å²) in [4.78, 5) is 14.8. The van der Waals surface area contributed by atoms with Gasteiger partial charge in [-0.05, 0) is 79.6 Å². The Morgan fingerprint density at radius 1 is 1.17 bits per heavy atom. The number of rotatable bonds is 5. The number of carbonyl (C=O) groups is 1. The zero-order valence-corrected chi connectivity index (χ0v) is 16.1. The highest BCUT2D eigenvalue weighted by Gasteiger charge is 2.25. The van der Waals surface area contributed by atoms with Crippen LogP contribution in [0.3, 0.4) is 0 Å². The van der Waals surface area contributed by atoms with Gasteiger partial charge >= 0.3 is 0 Å². The summed E-state index contributed by atoms with van der Waals surface area (Å²) in [5.41, 5.74) is 3.13. The Balaban J connectivity index is 1.37. The van der Waals surface area contributed by atoms with Crippen molar-refractivity contribution in [2.45, 2.75) is 25.7 Å². The Kier molecular flexibility index (Phi) is 5.60. The Morgan fingerprint density at radius 3 is 2.69 bits per heavy atom. The van der Waals surface area contributed by atoms with Crippen LogP contribution in [0.15, 0.2) is 54.6 Å². The Bertz CT molecular complexity index is 967. The van der Waals surface area contributed by atoms with Crippen LogP contribution in [0, 0.1) is 11.7 Å². The fraction of sp³-hybridized carbons (Fsp3) is 0.304. The van der Waals surface area contributed by atoms with Crippen molar-refractivity contribution in [1.29, 1.82) is 0 Å². The summed E-state index contributed by atoms with van der Waals surface area (Å²) in [6.45, 7) is 1.48. The van der Waals surface area contributed by atoms with Crippen molar-refractivity contribution in [3.8, 4) is 17.0 Å². The van der Waals surface area contributed by atoms with Gasteiger partial charge in [0.15, 0.2) is 0 Å². The van der Waals surface area contributed by atoms with Crippen LogP contribution in [0.1, 0.15) is 35.3 Å². The molecule has 0 bridgehead atoms. The highest BCUT2D eigenvalue weighted by Crippen LogP contribution is 2.25. The van der Waals surface area contributed by atoms with Crippen LogP contribution in [0.2, 0.25) is 0 Å². The van der Waals surface area contributed by atoms with E-state index in [0.29, 0.717) is 17.3 Å². The molecular weight excluding hydrogens is 369 g/mol. The maximum Gasteiger partial charge on any atom is 0.271 e. The third-order valence-corrected chi connectivity index (χ3v) is 5.53. The molecule has 4 rings (SSSR count).